The van der Waals surface area contributed by atoms with Crippen LogP contribution in [-0.4, -0.2) is 46.8 Å². The van der Waals surface area contributed by atoms with Crippen molar-refractivity contribution in [3.8, 4) is 0 Å². The summed E-state index contributed by atoms with van der Waals surface area (Å²) in [5, 5.41) is 7.16. The summed E-state index contributed by atoms with van der Waals surface area (Å²) in [6.45, 7) is 4.48. The van der Waals surface area contributed by atoms with E-state index < -0.39 is 10.0 Å². The Morgan fingerprint density at radius 1 is 1.17 bits per heavy atom. The Labute approximate surface area is 143 Å². The molecule has 0 aliphatic rings. The van der Waals surface area contributed by atoms with E-state index in [9.17, 15) is 8.42 Å². The minimum absolute atomic E-state index is 0.395. The molecule has 3 N–H and O–H groups in total. The fourth-order valence-electron chi connectivity index (χ4n) is 1.85. The van der Waals surface area contributed by atoms with Gasteiger partial charge in [-0.05, 0) is 37.5 Å². The molecule has 0 spiro atoms. The highest BCUT2D eigenvalue weighted by Gasteiger charge is 2.00. The van der Waals surface area contributed by atoms with E-state index in [-0.39, 0.29) is 0 Å². The molecule has 0 aromatic heterocycles. The standard InChI is InChI=1S/C15H25ClN4O2S/c1-3-17-15(18-10-4-11-20-23(2,21)22)19-12-9-13-5-7-14(16)8-6-13/h5-8,20H,3-4,9-12H2,1-2H3,(H2,17,18,19). The molecule has 0 unspecified atom stereocenters. The molecule has 0 amide bonds. The zero-order valence-corrected chi connectivity index (χ0v) is 15.2. The fraction of sp³-hybridized carbons (Fsp3) is 0.533. The van der Waals surface area contributed by atoms with E-state index in [0.29, 0.717) is 19.5 Å². The van der Waals surface area contributed by atoms with E-state index in [1.54, 1.807) is 0 Å². The van der Waals surface area contributed by atoms with Crippen LogP contribution in [0.15, 0.2) is 29.3 Å². The molecular formula is C15H25ClN4O2S. The van der Waals surface area contributed by atoms with Gasteiger partial charge >= 0.3 is 0 Å². The van der Waals surface area contributed by atoms with Crippen molar-refractivity contribution in [1.29, 1.82) is 0 Å². The average Bonchev–Trinajstić information content (AvgIpc) is 2.47. The molecule has 8 heteroatoms. The summed E-state index contributed by atoms with van der Waals surface area (Å²) in [5.74, 6) is 0.737. The first-order valence-electron chi connectivity index (χ1n) is 7.62. The van der Waals surface area contributed by atoms with Gasteiger partial charge < -0.3 is 10.6 Å². The molecule has 0 saturated carbocycles. The van der Waals surface area contributed by atoms with E-state index in [2.05, 4.69) is 20.3 Å². The van der Waals surface area contributed by atoms with Gasteiger partial charge in [-0.1, -0.05) is 23.7 Å². The third-order valence-corrected chi connectivity index (χ3v) is 3.91. The topological polar surface area (TPSA) is 82.6 Å². The number of rotatable bonds is 9. The number of guanidine groups is 1. The summed E-state index contributed by atoms with van der Waals surface area (Å²) < 4.78 is 24.3. The van der Waals surface area contributed by atoms with Crippen LogP contribution >= 0.6 is 11.6 Å². The number of nitrogens with one attached hydrogen (secondary N) is 3. The maximum absolute atomic E-state index is 10.9. The lowest BCUT2D eigenvalue weighted by Crippen LogP contribution is -2.38. The van der Waals surface area contributed by atoms with Crippen LogP contribution in [-0.2, 0) is 16.4 Å². The lowest BCUT2D eigenvalue weighted by atomic mass is 10.1. The van der Waals surface area contributed by atoms with Crippen LogP contribution in [0.1, 0.15) is 18.9 Å². The molecule has 0 heterocycles. The van der Waals surface area contributed by atoms with Gasteiger partial charge in [0.05, 0.1) is 6.26 Å². The van der Waals surface area contributed by atoms with Crippen LogP contribution in [0, 0.1) is 0 Å². The summed E-state index contributed by atoms with van der Waals surface area (Å²) in [6.07, 6.45) is 2.68. The Balaban J connectivity index is 2.32. The van der Waals surface area contributed by atoms with Gasteiger partial charge in [-0.2, -0.15) is 0 Å². The second-order valence-corrected chi connectivity index (χ2v) is 7.35. The molecule has 0 aliphatic carbocycles. The van der Waals surface area contributed by atoms with Crippen LogP contribution < -0.4 is 15.4 Å². The highest BCUT2D eigenvalue weighted by Crippen LogP contribution is 2.09. The molecule has 0 bridgehead atoms. The quantitative estimate of drug-likeness (QED) is 0.353. The van der Waals surface area contributed by atoms with Crippen molar-refractivity contribution in [2.45, 2.75) is 19.8 Å². The van der Waals surface area contributed by atoms with Gasteiger partial charge in [0.2, 0.25) is 10.0 Å². The van der Waals surface area contributed by atoms with Crippen molar-refractivity contribution in [3.63, 3.8) is 0 Å². The smallest absolute Gasteiger partial charge is 0.208 e. The summed E-state index contributed by atoms with van der Waals surface area (Å²) in [5.41, 5.74) is 1.20. The number of sulfonamides is 1. The molecule has 130 valence electrons. The van der Waals surface area contributed by atoms with E-state index in [1.165, 1.54) is 5.56 Å². The molecule has 0 saturated heterocycles. The summed E-state index contributed by atoms with van der Waals surface area (Å²) in [7, 11) is -3.12. The minimum atomic E-state index is -3.12. The summed E-state index contributed by atoms with van der Waals surface area (Å²) in [4.78, 5) is 4.42. The molecular weight excluding hydrogens is 336 g/mol. The molecule has 1 aromatic carbocycles. The van der Waals surface area contributed by atoms with Gasteiger partial charge in [0, 0.05) is 31.2 Å². The van der Waals surface area contributed by atoms with Crippen LogP contribution in [0.5, 0.6) is 0 Å². The maximum Gasteiger partial charge on any atom is 0.208 e. The Morgan fingerprint density at radius 3 is 2.48 bits per heavy atom. The van der Waals surface area contributed by atoms with Crippen LogP contribution in [0.4, 0.5) is 0 Å². The van der Waals surface area contributed by atoms with Crippen molar-refractivity contribution in [1.82, 2.24) is 15.4 Å². The van der Waals surface area contributed by atoms with Crippen molar-refractivity contribution >= 4 is 27.6 Å². The Hall–Kier alpha value is -1.31. The van der Waals surface area contributed by atoms with Crippen LogP contribution in [0.25, 0.3) is 0 Å². The number of nitrogens with zero attached hydrogens (tertiary/aromatic N) is 1. The number of hydrogen-bond acceptors (Lipinski definition) is 3. The molecule has 6 nitrogen and oxygen atoms in total. The second-order valence-electron chi connectivity index (χ2n) is 5.08. The van der Waals surface area contributed by atoms with E-state index in [1.807, 2.05) is 31.2 Å². The third-order valence-electron chi connectivity index (χ3n) is 2.93. The van der Waals surface area contributed by atoms with Crippen molar-refractivity contribution in [3.05, 3.63) is 34.9 Å². The van der Waals surface area contributed by atoms with Crippen molar-refractivity contribution in [2.75, 3.05) is 32.4 Å². The average molecular weight is 361 g/mol. The molecule has 1 rings (SSSR count). The highest BCUT2D eigenvalue weighted by atomic mass is 35.5. The normalized spacial score (nSPS) is 12.2. The van der Waals surface area contributed by atoms with Crippen LogP contribution in [0.3, 0.4) is 0 Å². The van der Waals surface area contributed by atoms with Gasteiger partial charge in [-0.25, -0.2) is 13.1 Å². The largest absolute Gasteiger partial charge is 0.357 e. The zero-order valence-electron chi connectivity index (χ0n) is 13.6. The Bertz CT molecular complexity index is 588. The third kappa shape index (κ3) is 10.1. The minimum Gasteiger partial charge on any atom is -0.357 e. The molecule has 0 radical (unpaired) electrons. The lowest BCUT2D eigenvalue weighted by molar-refractivity contribution is 0.585. The first-order chi connectivity index (χ1) is 10.9. The first kappa shape index (κ1) is 19.7. The lowest BCUT2D eigenvalue weighted by Gasteiger charge is -2.11. The molecule has 0 atom stereocenters. The van der Waals surface area contributed by atoms with Gasteiger partial charge in [0.1, 0.15) is 0 Å². The van der Waals surface area contributed by atoms with Gasteiger partial charge in [0.25, 0.3) is 0 Å². The van der Waals surface area contributed by atoms with E-state index in [0.717, 1.165) is 36.7 Å². The molecule has 0 fully saturated rings. The predicted molar refractivity (Wildman–Crippen MR) is 96.6 cm³/mol. The van der Waals surface area contributed by atoms with Gasteiger partial charge in [-0.15, -0.1) is 0 Å². The van der Waals surface area contributed by atoms with Gasteiger partial charge in [-0.3, -0.25) is 4.99 Å². The number of aliphatic imine (C=N–C) groups is 1. The summed E-state index contributed by atoms with van der Waals surface area (Å²) >= 11 is 5.86. The zero-order chi connectivity index (χ0) is 17.1. The predicted octanol–water partition coefficient (Wildman–Crippen LogP) is 1.38. The SMILES string of the molecule is CCNC(=NCCCNS(C)(=O)=O)NCCc1ccc(Cl)cc1. The second kappa shape index (κ2) is 10.5. The maximum atomic E-state index is 10.9. The summed E-state index contributed by atoms with van der Waals surface area (Å²) in [6, 6.07) is 7.77. The monoisotopic (exact) mass is 360 g/mol. The van der Waals surface area contributed by atoms with Crippen molar-refractivity contribution in [2.24, 2.45) is 4.99 Å². The van der Waals surface area contributed by atoms with Crippen molar-refractivity contribution < 1.29 is 8.42 Å². The Kier molecular flexibility index (Phi) is 8.98. The fourth-order valence-corrected chi connectivity index (χ4v) is 2.49. The Morgan fingerprint density at radius 2 is 1.87 bits per heavy atom. The first-order valence-corrected chi connectivity index (χ1v) is 9.89. The molecule has 1 aromatic rings. The van der Waals surface area contributed by atoms with Gasteiger partial charge in [0.15, 0.2) is 5.96 Å². The number of hydrogen-bond donors (Lipinski definition) is 3. The number of benzene rings is 1. The number of halogens is 1. The highest BCUT2D eigenvalue weighted by molar-refractivity contribution is 7.88. The molecule has 23 heavy (non-hydrogen) atoms. The molecule has 0 aliphatic heterocycles. The van der Waals surface area contributed by atoms with E-state index >= 15 is 0 Å². The van der Waals surface area contributed by atoms with E-state index in [4.69, 9.17) is 11.6 Å². The van der Waals surface area contributed by atoms with Crippen LogP contribution in [0.2, 0.25) is 5.02 Å².